The molecule has 0 aliphatic rings. The normalized spacial score (nSPS) is 15.7. The van der Waals surface area contributed by atoms with Gasteiger partial charge in [0.1, 0.15) is 0 Å². The summed E-state index contributed by atoms with van der Waals surface area (Å²) in [6.07, 6.45) is 6.61. The first kappa shape index (κ1) is 13.0. The molecule has 0 amide bonds. The third kappa shape index (κ3) is 6.09. The highest BCUT2D eigenvalue weighted by molar-refractivity contribution is 4.74. The van der Waals surface area contributed by atoms with Crippen molar-refractivity contribution >= 4 is 0 Å². The van der Waals surface area contributed by atoms with Crippen LogP contribution in [0, 0.1) is 5.41 Å². The standard InChI is InChI=1S/C12H27N/c1-5-8-9-12(4,7-3)11-13-10-6-2/h13H,5-11H2,1-4H3. The molecule has 0 radical (unpaired) electrons. The minimum atomic E-state index is 0.533. The Kier molecular flexibility index (Phi) is 7.35. The fraction of sp³-hybridized carbons (Fsp3) is 1.00. The van der Waals surface area contributed by atoms with Gasteiger partial charge in [0.2, 0.25) is 0 Å². The molecule has 1 N–H and O–H groups in total. The molecular weight excluding hydrogens is 158 g/mol. The van der Waals surface area contributed by atoms with Crippen LogP contribution in [-0.2, 0) is 0 Å². The average molecular weight is 185 g/mol. The van der Waals surface area contributed by atoms with E-state index >= 15 is 0 Å². The van der Waals surface area contributed by atoms with Crippen LogP contribution >= 0.6 is 0 Å². The van der Waals surface area contributed by atoms with Gasteiger partial charge in [0.15, 0.2) is 0 Å². The van der Waals surface area contributed by atoms with Crippen LogP contribution in [0.15, 0.2) is 0 Å². The molecule has 0 spiro atoms. The lowest BCUT2D eigenvalue weighted by atomic mass is 9.82. The maximum atomic E-state index is 3.54. The Morgan fingerprint density at radius 3 is 2.23 bits per heavy atom. The van der Waals surface area contributed by atoms with Gasteiger partial charge in [-0.05, 0) is 31.2 Å². The molecule has 0 aliphatic heterocycles. The molecule has 0 heterocycles. The zero-order valence-corrected chi connectivity index (χ0v) is 9.95. The van der Waals surface area contributed by atoms with Crippen molar-refractivity contribution < 1.29 is 0 Å². The van der Waals surface area contributed by atoms with E-state index in [2.05, 4.69) is 33.0 Å². The van der Waals surface area contributed by atoms with Gasteiger partial charge in [-0.25, -0.2) is 0 Å². The Hall–Kier alpha value is -0.0400. The van der Waals surface area contributed by atoms with Crippen molar-refractivity contribution in [3.05, 3.63) is 0 Å². The molecule has 0 aromatic rings. The van der Waals surface area contributed by atoms with Crippen LogP contribution in [0.25, 0.3) is 0 Å². The lowest BCUT2D eigenvalue weighted by molar-refractivity contribution is 0.262. The Morgan fingerprint density at radius 1 is 1.08 bits per heavy atom. The van der Waals surface area contributed by atoms with E-state index in [0.717, 1.165) is 0 Å². The number of rotatable bonds is 8. The summed E-state index contributed by atoms with van der Waals surface area (Å²) < 4.78 is 0. The fourth-order valence-corrected chi connectivity index (χ4v) is 1.56. The smallest absolute Gasteiger partial charge is 0.000506 e. The molecule has 0 aromatic heterocycles. The SMILES string of the molecule is CCCCC(C)(CC)CNCCC. The second-order valence-corrected chi connectivity index (χ2v) is 4.44. The van der Waals surface area contributed by atoms with Crippen molar-refractivity contribution in [1.82, 2.24) is 5.32 Å². The first-order valence-electron chi connectivity index (χ1n) is 5.89. The molecule has 1 heteroatoms. The number of unbranched alkanes of at least 4 members (excludes halogenated alkanes) is 1. The number of hydrogen-bond acceptors (Lipinski definition) is 1. The first-order valence-corrected chi connectivity index (χ1v) is 5.89. The predicted molar refractivity (Wildman–Crippen MR) is 61.1 cm³/mol. The predicted octanol–water partition coefficient (Wildman–Crippen LogP) is 3.59. The Bertz CT molecular complexity index is 112. The molecule has 1 nitrogen and oxygen atoms in total. The van der Waals surface area contributed by atoms with Crippen LogP contribution < -0.4 is 5.32 Å². The summed E-state index contributed by atoms with van der Waals surface area (Å²) >= 11 is 0. The summed E-state index contributed by atoms with van der Waals surface area (Å²) in [7, 11) is 0. The molecule has 13 heavy (non-hydrogen) atoms. The van der Waals surface area contributed by atoms with Crippen LogP contribution in [0.3, 0.4) is 0 Å². The van der Waals surface area contributed by atoms with Gasteiger partial charge in [-0.1, -0.05) is 40.5 Å². The van der Waals surface area contributed by atoms with Crippen molar-refractivity contribution in [2.75, 3.05) is 13.1 Å². The Balaban J connectivity index is 3.67. The molecule has 0 saturated carbocycles. The average Bonchev–Trinajstić information content (AvgIpc) is 2.15. The lowest BCUT2D eigenvalue weighted by Crippen LogP contribution is -2.31. The van der Waals surface area contributed by atoms with E-state index in [0.29, 0.717) is 5.41 Å². The van der Waals surface area contributed by atoms with Crippen LogP contribution in [0.1, 0.15) is 59.8 Å². The molecule has 0 aromatic carbocycles. The van der Waals surface area contributed by atoms with E-state index in [9.17, 15) is 0 Å². The van der Waals surface area contributed by atoms with Gasteiger partial charge in [-0.15, -0.1) is 0 Å². The van der Waals surface area contributed by atoms with E-state index in [1.165, 1.54) is 45.2 Å². The Labute approximate surface area is 84.3 Å². The summed E-state index contributed by atoms with van der Waals surface area (Å²) in [6.45, 7) is 11.6. The van der Waals surface area contributed by atoms with Crippen molar-refractivity contribution in [1.29, 1.82) is 0 Å². The molecule has 0 rings (SSSR count). The van der Waals surface area contributed by atoms with Gasteiger partial charge < -0.3 is 5.32 Å². The molecule has 0 bridgehead atoms. The molecule has 1 unspecified atom stereocenters. The number of nitrogens with one attached hydrogen (secondary N) is 1. The van der Waals surface area contributed by atoms with Gasteiger partial charge >= 0.3 is 0 Å². The highest BCUT2D eigenvalue weighted by Crippen LogP contribution is 2.26. The number of hydrogen-bond donors (Lipinski definition) is 1. The van der Waals surface area contributed by atoms with Crippen LogP contribution in [0.5, 0.6) is 0 Å². The minimum Gasteiger partial charge on any atom is -0.316 e. The highest BCUT2D eigenvalue weighted by Gasteiger charge is 2.20. The van der Waals surface area contributed by atoms with Crippen molar-refractivity contribution in [2.24, 2.45) is 5.41 Å². The topological polar surface area (TPSA) is 12.0 Å². The van der Waals surface area contributed by atoms with Gasteiger partial charge in [0, 0.05) is 6.54 Å². The quantitative estimate of drug-likeness (QED) is 0.570. The van der Waals surface area contributed by atoms with Crippen LogP contribution in [0.2, 0.25) is 0 Å². The zero-order chi connectivity index (χ0) is 10.2. The van der Waals surface area contributed by atoms with Gasteiger partial charge in [-0.3, -0.25) is 0 Å². The zero-order valence-electron chi connectivity index (χ0n) is 9.95. The summed E-state index contributed by atoms with van der Waals surface area (Å²) in [6, 6.07) is 0. The van der Waals surface area contributed by atoms with Crippen molar-refractivity contribution in [3.63, 3.8) is 0 Å². The highest BCUT2D eigenvalue weighted by atomic mass is 14.9. The summed E-state index contributed by atoms with van der Waals surface area (Å²) in [4.78, 5) is 0. The van der Waals surface area contributed by atoms with E-state index in [-0.39, 0.29) is 0 Å². The molecule has 1 atom stereocenters. The maximum absolute atomic E-state index is 3.54. The van der Waals surface area contributed by atoms with Gasteiger partial charge in [0.25, 0.3) is 0 Å². The lowest BCUT2D eigenvalue weighted by Gasteiger charge is -2.28. The van der Waals surface area contributed by atoms with E-state index < -0.39 is 0 Å². The van der Waals surface area contributed by atoms with E-state index in [1.54, 1.807) is 0 Å². The second kappa shape index (κ2) is 7.37. The monoisotopic (exact) mass is 185 g/mol. The van der Waals surface area contributed by atoms with E-state index in [1.807, 2.05) is 0 Å². The van der Waals surface area contributed by atoms with Crippen LogP contribution in [0.4, 0.5) is 0 Å². The molecule has 80 valence electrons. The van der Waals surface area contributed by atoms with Gasteiger partial charge in [0.05, 0.1) is 0 Å². The summed E-state index contributed by atoms with van der Waals surface area (Å²) in [5.74, 6) is 0. The largest absolute Gasteiger partial charge is 0.316 e. The van der Waals surface area contributed by atoms with Gasteiger partial charge in [-0.2, -0.15) is 0 Å². The molecular formula is C12H27N. The first-order chi connectivity index (χ1) is 6.18. The summed E-state index contributed by atoms with van der Waals surface area (Å²) in [5, 5.41) is 3.54. The molecule has 0 saturated heterocycles. The third-order valence-corrected chi connectivity index (χ3v) is 2.97. The third-order valence-electron chi connectivity index (χ3n) is 2.97. The van der Waals surface area contributed by atoms with Crippen LogP contribution in [-0.4, -0.2) is 13.1 Å². The van der Waals surface area contributed by atoms with Crippen molar-refractivity contribution in [2.45, 2.75) is 59.8 Å². The minimum absolute atomic E-state index is 0.533. The fourth-order valence-electron chi connectivity index (χ4n) is 1.56. The second-order valence-electron chi connectivity index (χ2n) is 4.44. The molecule has 0 fully saturated rings. The molecule has 0 aliphatic carbocycles. The summed E-state index contributed by atoms with van der Waals surface area (Å²) in [5.41, 5.74) is 0.533. The van der Waals surface area contributed by atoms with Crippen molar-refractivity contribution in [3.8, 4) is 0 Å². The van der Waals surface area contributed by atoms with E-state index in [4.69, 9.17) is 0 Å². The maximum Gasteiger partial charge on any atom is 0.000506 e. The Morgan fingerprint density at radius 2 is 1.77 bits per heavy atom.